The Labute approximate surface area is 85.8 Å². The first-order valence-corrected chi connectivity index (χ1v) is 4.77. The lowest BCUT2D eigenvalue weighted by Crippen LogP contribution is -2.22. The Kier molecular flexibility index (Phi) is 6.76. The Morgan fingerprint density at radius 2 is 2.14 bits per heavy atom. The van der Waals surface area contributed by atoms with E-state index in [1.165, 1.54) is 5.57 Å². The molecule has 0 radical (unpaired) electrons. The molecule has 0 aliphatic carbocycles. The van der Waals surface area contributed by atoms with Crippen LogP contribution < -0.4 is 5.32 Å². The molecule has 0 amide bonds. The zero-order valence-corrected chi connectivity index (χ0v) is 9.22. The second kappa shape index (κ2) is 7.33. The summed E-state index contributed by atoms with van der Waals surface area (Å²) >= 11 is 0. The van der Waals surface area contributed by atoms with Crippen molar-refractivity contribution in [2.24, 2.45) is 0 Å². The number of allylic oxidation sites excluding steroid dienone is 1. The highest BCUT2D eigenvalue weighted by atomic mass is 16.5. The van der Waals surface area contributed by atoms with Crippen LogP contribution in [0.1, 0.15) is 20.8 Å². The van der Waals surface area contributed by atoms with Gasteiger partial charge in [-0.15, -0.1) is 0 Å². The third kappa shape index (κ3) is 6.43. The van der Waals surface area contributed by atoms with Gasteiger partial charge in [0, 0.05) is 18.7 Å². The Bertz CT molecular complexity index is 227. The molecule has 0 aromatic rings. The molecule has 0 atom stereocenters. The number of hydrogen-bond donors (Lipinski definition) is 1. The van der Waals surface area contributed by atoms with Gasteiger partial charge in [-0.05, 0) is 20.8 Å². The van der Waals surface area contributed by atoms with E-state index in [-0.39, 0.29) is 5.97 Å². The number of carbonyl (C=O) groups excluding carboxylic acids is 1. The molecule has 0 aromatic heterocycles. The van der Waals surface area contributed by atoms with Crippen LogP contribution in [-0.2, 0) is 9.53 Å². The fraction of sp³-hybridized carbons (Fsp3) is 0.545. The Hall–Kier alpha value is -1.09. The van der Waals surface area contributed by atoms with E-state index in [0.717, 1.165) is 6.54 Å². The van der Waals surface area contributed by atoms with E-state index in [0.29, 0.717) is 18.7 Å². The molecule has 0 aliphatic heterocycles. The molecule has 14 heavy (non-hydrogen) atoms. The molecule has 1 N–H and O–H groups in total. The van der Waals surface area contributed by atoms with Crippen LogP contribution in [0.15, 0.2) is 23.8 Å². The quantitative estimate of drug-likeness (QED) is 0.304. The monoisotopic (exact) mass is 197 g/mol. The summed E-state index contributed by atoms with van der Waals surface area (Å²) in [6.07, 6.45) is 2.05. The fourth-order valence-corrected chi connectivity index (χ4v) is 0.805. The average molecular weight is 197 g/mol. The third-order valence-electron chi connectivity index (χ3n) is 1.56. The van der Waals surface area contributed by atoms with Crippen LogP contribution >= 0.6 is 0 Å². The summed E-state index contributed by atoms with van der Waals surface area (Å²) in [5.74, 6) is -0.322. The zero-order chi connectivity index (χ0) is 11.0. The molecule has 3 heteroatoms. The summed E-state index contributed by atoms with van der Waals surface area (Å²) in [5, 5.41) is 3.08. The van der Waals surface area contributed by atoms with Crippen LogP contribution in [0.25, 0.3) is 0 Å². The summed E-state index contributed by atoms with van der Waals surface area (Å²) in [5.41, 5.74) is 1.72. The summed E-state index contributed by atoms with van der Waals surface area (Å²) in [6.45, 7) is 11.1. The van der Waals surface area contributed by atoms with Crippen LogP contribution in [0, 0.1) is 0 Å². The normalized spacial score (nSPS) is 9.36. The van der Waals surface area contributed by atoms with Crippen molar-refractivity contribution < 1.29 is 9.53 Å². The SMILES string of the molecule is C=C(CNCC=C(C)C)C(=O)OCC. The van der Waals surface area contributed by atoms with E-state index >= 15 is 0 Å². The highest BCUT2D eigenvalue weighted by Crippen LogP contribution is 1.93. The molecule has 80 valence electrons. The van der Waals surface area contributed by atoms with Gasteiger partial charge in [0.1, 0.15) is 0 Å². The van der Waals surface area contributed by atoms with Gasteiger partial charge in [0.25, 0.3) is 0 Å². The second-order valence-corrected chi connectivity index (χ2v) is 3.24. The fourth-order valence-electron chi connectivity index (χ4n) is 0.805. The second-order valence-electron chi connectivity index (χ2n) is 3.24. The molecule has 0 saturated heterocycles. The zero-order valence-electron chi connectivity index (χ0n) is 9.22. The van der Waals surface area contributed by atoms with Crippen molar-refractivity contribution >= 4 is 5.97 Å². The number of ether oxygens (including phenoxy) is 1. The summed E-state index contributed by atoms with van der Waals surface area (Å²) in [7, 11) is 0. The van der Waals surface area contributed by atoms with Crippen LogP contribution in [-0.4, -0.2) is 25.7 Å². The first-order chi connectivity index (χ1) is 6.57. The van der Waals surface area contributed by atoms with Crippen molar-refractivity contribution in [1.82, 2.24) is 5.32 Å². The number of esters is 1. The number of carbonyl (C=O) groups is 1. The Balaban J connectivity index is 3.64. The molecule has 0 saturated carbocycles. The summed E-state index contributed by atoms with van der Waals surface area (Å²) in [4.78, 5) is 11.1. The van der Waals surface area contributed by atoms with Crippen LogP contribution in [0.4, 0.5) is 0 Å². The van der Waals surface area contributed by atoms with Gasteiger partial charge in [-0.3, -0.25) is 0 Å². The highest BCUT2D eigenvalue weighted by Gasteiger charge is 2.05. The van der Waals surface area contributed by atoms with Crippen molar-refractivity contribution in [2.45, 2.75) is 20.8 Å². The van der Waals surface area contributed by atoms with Crippen LogP contribution in [0.2, 0.25) is 0 Å². The lowest BCUT2D eigenvalue weighted by atomic mass is 10.3. The van der Waals surface area contributed by atoms with Gasteiger partial charge in [0.15, 0.2) is 0 Å². The molecular formula is C11H19NO2. The van der Waals surface area contributed by atoms with Gasteiger partial charge >= 0.3 is 5.97 Å². The smallest absolute Gasteiger partial charge is 0.334 e. The molecule has 0 aliphatic rings. The minimum Gasteiger partial charge on any atom is -0.463 e. The van der Waals surface area contributed by atoms with E-state index in [2.05, 4.69) is 18.0 Å². The molecule has 0 aromatic carbocycles. The number of nitrogens with one attached hydrogen (secondary N) is 1. The standard InChI is InChI=1S/C11H19NO2/c1-5-14-11(13)10(4)8-12-7-6-9(2)3/h6,12H,4-5,7-8H2,1-3H3. The predicted octanol–water partition coefficient (Wildman–Crippen LogP) is 1.66. The van der Waals surface area contributed by atoms with E-state index in [1.807, 2.05) is 13.8 Å². The van der Waals surface area contributed by atoms with Crippen molar-refractivity contribution in [3.63, 3.8) is 0 Å². The average Bonchev–Trinajstić information content (AvgIpc) is 2.12. The maximum absolute atomic E-state index is 11.1. The van der Waals surface area contributed by atoms with Crippen molar-refractivity contribution in [2.75, 3.05) is 19.7 Å². The predicted molar refractivity (Wildman–Crippen MR) is 58.1 cm³/mol. The number of rotatable bonds is 6. The van der Waals surface area contributed by atoms with Gasteiger partial charge in [-0.25, -0.2) is 4.79 Å². The van der Waals surface area contributed by atoms with Gasteiger partial charge < -0.3 is 10.1 Å². The summed E-state index contributed by atoms with van der Waals surface area (Å²) in [6, 6.07) is 0. The molecule has 0 spiro atoms. The molecule has 0 fully saturated rings. The first kappa shape index (κ1) is 12.9. The molecule has 0 heterocycles. The van der Waals surface area contributed by atoms with Gasteiger partial charge in [0.05, 0.1) is 6.61 Å². The van der Waals surface area contributed by atoms with Gasteiger partial charge in [-0.2, -0.15) is 0 Å². The molecule has 0 bridgehead atoms. The van der Waals surface area contributed by atoms with Crippen molar-refractivity contribution in [3.05, 3.63) is 23.8 Å². The van der Waals surface area contributed by atoms with E-state index in [9.17, 15) is 4.79 Å². The van der Waals surface area contributed by atoms with Crippen LogP contribution in [0.5, 0.6) is 0 Å². The van der Waals surface area contributed by atoms with Crippen molar-refractivity contribution in [3.8, 4) is 0 Å². The lowest BCUT2D eigenvalue weighted by molar-refractivity contribution is -0.138. The number of hydrogen-bond acceptors (Lipinski definition) is 3. The maximum Gasteiger partial charge on any atom is 0.334 e. The van der Waals surface area contributed by atoms with Crippen molar-refractivity contribution in [1.29, 1.82) is 0 Å². The van der Waals surface area contributed by atoms with E-state index in [1.54, 1.807) is 6.92 Å². The maximum atomic E-state index is 11.1. The van der Waals surface area contributed by atoms with E-state index < -0.39 is 0 Å². The topological polar surface area (TPSA) is 38.3 Å². The highest BCUT2D eigenvalue weighted by molar-refractivity contribution is 5.88. The Morgan fingerprint density at radius 1 is 1.50 bits per heavy atom. The molecule has 0 rings (SSSR count). The van der Waals surface area contributed by atoms with Gasteiger partial charge in [-0.1, -0.05) is 18.2 Å². The largest absolute Gasteiger partial charge is 0.463 e. The van der Waals surface area contributed by atoms with Crippen LogP contribution in [0.3, 0.4) is 0 Å². The Morgan fingerprint density at radius 3 is 2.64 bits per heavy atom. The van der Waals surface area contributed by atoms with Gasteiger partial charge in [0.2, 0.25) is 0 Å². The molecule has 3 nitrogen and oxygen atoms in total. The summed E-state index contributed by atoms with van der Waals surface area (Å²) < 4.78 is 4.79. The third-order valence-corrected chi connectivity index (χ3v) is 1.56. The lowest BCUT2D eigenvalue weighted by Gasteiger charge is -2.05. The van der Waals surface area contributed by atoms with E-state index in [4.69, 9.17) is 4.74 Å². The molecule has 0 unspecified atom stereocenters. The molecular weight excluding hydrogens is 178 g/mol. The minimum absolute atomic E-state index is 0.322. The first-order valence-electron chi connectivity index (χ1n) is 4.77. The minimum atomic E-state index is -0.322.